The van der Waals surface area contributed by atoms with Crippen molar-refractivity contribution in [3.8, 4) is 0 Å². The first-order chi connectivity index (χ1) is 12.0. The molecule has 138 valence electrons. The van der Waals surface area contributed by atoms with Crippen LogP contribution in [0.1, 0.15) is 44.3 Å². The molecule has 0 radical (unpaired) electrons. The highest BCUT2D eigenvalue weighted by Gasteiger charge is 2.22. The van der Waals surface area contributed by atoms with Gasteiger partial charge < -0.3 is 4.74 Å². The Bertz CT molecular complexity index is 956. The number of rotatable bonds is 5. The molecule has 26 heavy (non-hydrogen) atoms. The summed E-state index contributed by atoms with van der Waals surface area (Å²) in [5.41, 5.74) is 3.64. The van der Waals surface area contributed by atoms with Crippen LogP contribution in [0.2, 0.25) is 0 Å². The minimum atomic E-state index is -3.34. The first-order valence-electron chi connectivity index (χ1n) is 8.14. The van der Waals surface area contributed by atoms with Gasteiger partial charge in [0.25, 0.3) is 0 Å². The van der Waals surface area contributed by atoms with Crippen LogP contribution in [0.25, 0.3) is 0 Å². The Labute approximate surface area is 153 Å². The molecule has 0 saturated carbocycles. The Hall–Kier alpha value is -2.47. The van der Waals surface area contributed by atoms with Crippen LogP contribution in [-0.2, 0) is 14.6 Å². The summed E-state index contributed by atoms with van der Waals surface area (Å²) in [5, 5.41) is 0. The molecule has 1 atom stereocenters. The number of carbonyl (C=O) groups excluding carboxylic acids is 2. The molecular weight excluding hydrogens is 352 g/mol. The summed E-state index contributed by atoms with van der Waals surface area (Å²) in [7, 11) is -3.34. The van der Waals surface area contributed by atoms with Gasteiger partial charge in [-0.3, -0.25) is 4.79 Å². The number of Topliss-reactive ketones (excluding diaryl/α,β-unsaturated/α-hetero) is 1. The van der Waals surface area contributed by atoms with Crippen LogP contribution in [-0.4, -0.2) is 32.5 Å². The van der Waals surface area contributed by atoms with Crippen LogP contribution in [0, 0.1) is 20.8 Å². The molecule has 0 bridgehead atoms. The second kappa shape index (κ2) is 7.41. The van der Waals surface area contributed by atoms with Crippen LogP contribution < -0.4 is 0 Å². The van der Waals surface area contributed by atoms with Crippen molar-refractivity contribution in [2.75, 3.05) is 6.26 Å². The molecule has 0 heterocycles. The molecule has 0 unspecified atom stereocenters. The average Bonchev–Trinajstić information content (AvgIpc) is 2.56. The minimum Gasteiger partial charge on any atom is -0.451 e. The lowest BCUT2D eigenvalue weighted by Gasteiger charge is -2.15. The summed E-state index contributed by atoms with van der Waals surface area (Å²) >= 11 is 0. The van der Waals surface area contributed by atoms with Crippen LogP contribution in [0.4, 0.5) is 0 Å². The van der Waals surface area contributed by atoms with Crippen molar-refractivity contribution >= 4 is 21.6 Å². The topological polar surface area (TPSA) is 77.5 Å². The zero-order chi connectivity index (χ0) is 19.6. The molecule has 0 saturated heterocycles. The standard InChI is InChI=1S/C20H22O5S/c1-12-10-14(3)18(11-13(12)2)19(21)15(4)25-20(22)16-6-8-17(9-7-16)26(5,23)24/h6-11,15H,1-5H3/t15-/m0/s1. The van der Waals surface area contributed by atoms with E-state index in [0.717, 1.165) is 22.9 Å². The summed E-state index contributed by atoms with van der Waals surface area (Å²) in [6.07, 6.45) is 0.144. The number of benzene rings is 2. The van der Waals surface area contributed by atoms with E-state index in [-0.39, 0.29) is 16.2 Å². The Kier molecular flexibility index (Phi) is 5.66. The lowest BCUT2D eigenvalue weighted by Crippen LogP contribution is -2.25. The maximum Gasteiger partial charge on any atom is 0.338 e. The van der Waals surface area contributed by atoms with Gasteiger partial charge in [0.2, 0.25) is 5.78 Å². The van der Waals surface area contributed by atoms with E-state index in [0.29, 0.717) is 5.56 Å². The van der Waals surface area contributed by atoms with E-state index in [2.05, 4.69) is 0 Å². The third kappa shape index (κ3) is 4.38. The van der Waals surface area contributed by atoms with Crippen molar-refractivity contribution in [1.82, 2.24) is 0 Å². The lowest BCUT2D eigenvalue weighted by molar-refractivity contribution is 0.0318. The largest absolute Gasteiger partial charge is 0.451 e. The average molecular weight is 374 g/mol. The summed E-state index contributed by atoms with van der Waals surface area (Å²) in [6, 6.07) is 9.16. The van der Waals surface area contributed by atoms with E-state index < -0.39 is 21.9 Å². The van der Waals surface area contributed by atoms with Gasteiger partial charge in [-0.2, -0.15) is 0 Å². The first-order valence-corrected chi connectivity index (χ1v) is 10.0. The number of ketones is 1. The number of aryl methyl sites for hydroxylation is 3. The number of carbonyl (C=O) groups is 2. The minimum absolute atomic E-state index is 0.115. The van der Waals surface area contributed by atoms with Crippen molar-refractivity contribution in [2.45, 2.75) is 38.7 Å². The number of ether oxygens (including phenoxy) is 1. The Morgan fingerprint density at radius 3 is 2.00 bits per heavy atom. The van der Waals surface area contributed by atoms with E-state index in [4.69, 9.17) is 4.74 Å². The second-order valence-corrected chi connectivity index (χ2v) is 8.48. The van der Waals surface area contributed by atoms with Crippen molar-refractivity contribution in [3.63, 3.8) is 0 Å². The van der Waals surface area contributed by atoms with Gasteiger partial charge in [-0.15, -0.1) is 0 Å². The van der Waals surface area contributed by atoms with Crippen molar-refractivity contribution in [1.29, 1.82) is 0 Å². The quantitative estimate of drug-likeness (QED) is 0.592. The Morgan fingerprint density at radius 2 is 1.46 bits per heavy atom. The fourth-order valence-corrected chi connectivity index (χ4v) is 3.20. The maximum absolute atomic E-state index is 12.6. The van der Waals surface area contributed by atoms with Gasteiger partial charge in [-0.25, -0.2) is 13.2 Å². The van der Waals surface area contributed by atoms with E-state index >= 15 is 0 Å². The maximum atomic E-state index is 12.6. The van der Waals surface area contributed by atoms with Gasteiger partial charge in [0, 0.05) is 11.8 Å². The summed E-state index contributed by atoms with van der Waals surface area (Å²) in [5.74, 6) is -0.945. The number of sulfone groups is 1. The molecule has 2 rings (SSSR count). The van der Waals surface area contributed by atoms with Gasteiger partial charge in [0.05, 0.1) is 10.5 Å². The van der Waals surface area contributed by atoms with Crippen LogP contribution in [0.5, 0.6) is 0 Å². The van der Waals surface area contributed by atoms with Gasteiger partial charge in [-0.1, -0.05) is 6.07 Å². The highest BCUT2D eigenvalue weighted by Crippen LogP contribution is 2.19. The SMILES string of the molecule is Cc1cc(C)c(C(=O)[C@H](C)OC(=O)c2ccc(S(C)(=O)=O)cc2)cc1C. The first kappa shape index (κ1) is 19.8. The molecule has 0 aliphatic heterocycles. The molecule has 0 spiro atoms. The summed E-state index contributed by atoms with van der Waals surface area (Å²) < 4.78 is 28.2. The number of hydrogen-bond acceptors (Lipinski definition) is 5. The Balaban J connectivity index is 2.16. The summed E-state index contributed by atoms with van der Waals surface area (Å²) in [4.78, 5) is 25.0. The third-order valence-electron chi connectivity index (χ3n) is 4.28. The van der Waals surface area contributed by atoms with Crippen molar-refractivity contribution in [2.24, 2.45) is 0 Å². The number of esters is 1. The van der Waals surface area contributed by atoms with E-state index in [1.165, 1.54) is 31.2 Å². The van der Waals surface area contributed by atoms with E-state index in [1.807, 2.05) is 26.8 Å². The molecular formula is C20H22O5S. The molecule has 0 aliphatic carbocycles. The van der Waals surface area contributed by atoms with Crippen LogP contribution in [0.15, 0.2) is 41.3 Å². The second-order valence-electron chi connectivity index (χ2n) is 6.46. The molecule has 0 fully saturated rings. The van der Waals surface area contributed by atoms with Crippen molar-refractivity contribution in [3.05, 3.63) is 64.2 Å². The van der Waals surface area contributed by atoms with Gasteiger partial charge >= 0.3 is 5.97 Å². The van der Waals surface area contributed by atoms with Crippen LogP contribution in [0.3, 0.4) is 0 Å². The predicted molar refractivity (Wildman–Crippen MR) is 99.4 cm³/mol. The molecule has 0 amide bonds. The number of hydrogen-bond donors (Lipinski definition) is 0. The molecule has 2 aromatic rings. The normalized spacial score (nSPS) is 12.5. The van der Waals surface area contributed by atoms with Crippen molar-refractivity contribution < 1.29 is 22.7 Å². The van der Waals surface area contributed by atoms with E-state index in [9.17, 15) is 18.0 Å². The molecule has 0 aliphatic rings. The zero-order valence-electron chi connectivity index (χ0n) is 15.5. The molecule has 0 N–H and O–H groups in total. The molecule has 6 heteroatoms. The van der Waals surface area contributed by atoms with Crippen LogP contribution >= 0.6 is 0 Å². The monoisotopic (exact) mass is 374 g/mol. The lowest BCUT2D eigenvalue weighted by atomic mass is 9.96. The van der Waals surface area contributed by atoms with E-state index in [1.54, 1.807) is 6.07 Å². The van der Waals surface area contributed by atoms with Gasteiger partial charge in [-0.05, 0) is 74.7 Å². The fraction of sp³-hybridized carbons (Fsp3) is 0.300. The Morgan fingerprint density at radius 1 is 0.923 bits per heavy atom. The highest BCUT2D eigenvalue weighted by molar-refractivity contribution is 7.90. The fourth-order valence-electron chi connectivity index (χ4n) is 2.57. The smallest absolute Gasteiger partial charge is 0.338 e. The zero-order valence-corrected chi connectivity index (χ0v) is 16.3. The molecule has 2 aromatic carbocycles. The predicted octanol–water partition coefficient (Wildman–Crippen LogP) is 3.44. The van der Waals surface area contributed by atoms with Gasteiger partial charge in [0.15, 0.2) is 15.9 Å². The summed E-state index contributed by atoms with van der Waals surface area (Å²) in [6.45, 7) is 7.27. The third-order valence-corrected chi connectivity index (χ3v) is 5.41. The molecule has 0 aromatic heterocycles. The molecule has 5 nitrogen and oxygen atoms in total. The highest BCUT2D eigenvalue weighted by atomic mass is 32.2. The van der Waals surface area contributed by atoms with Gasteiger partial charge in [0.1, 0.15) is 0 Å².